The van der Waals surface area contributed by atoms with Crippen molar-refractivity contribution in [1.29, 1.82) is 0 Å². The molecule has 2 heterocycles. The van der Waals surface area contributed by atoms with E-state index in [1.165, 1.54) is 19.7 Å². The van der Waals surface area contributed by atoms with E-state index in [-0.39, 0.29) is 11.4 Å². The quantitative estimate of drug-likeness (QED) is 0.594. The van der Waals surface area contributed by atoms with Gasteiger partial charge in [0.2, 0.25) is 5.75 Å². The molecule has 6 heteroatoms. The highest BCUT2D eigenvalue weighted by atomic mass is 16.6. The molecule has 1 saturated heterocycles. The van der Waals surface area contributed by atoms with E-state index >= 15 is 0 Å². The van der Waals surface area contributed by atoms with Gasteiger partial charge < -0.3 is 9.64 Å². The fourth-order valence-corrected chi connectivity index (χ4v) is 2.02. The summed E-state index contributed by atoms with van der Waals surface area (Å²) in [4.78, 5) is 16.5. The molecule has 0 atom stereocenters. The van der Waals surface area contributed by atoms with Gasteiger partial charge in [0.25, 0.3) is 0 Å². The average molecular weight is 237 g/mol. The highest BCUT2D eigenvalue weighted by molar-refractivity contribution is 5.53. The lowest BCUT2D eigenvalue weighted by atomic mass is 10.1. The van der Waals surface area contributed by atoms with Crippen LogP contribution in [0.3, 0.4) is 0 Å². The lowest BCUT2D eigenvalue weighted by Gasteiger charge is -2.27. The van der Waals surface area contributed by atoms with E-state index in [1.807, 2.05) is 0 Å². The Hall–Kier alpha value is -1.85. The number of rotatable bonds is 3. The molecule has 17 heavy (non-hydrogen) atoms. The van der Waals surface area contributed by atoms with Crippen LogP contribution in [-0.2, 0) is 0 Å². The highest BCUT2D eigenvalue weighted by Crippen LogP contribution is 2.30. The molecule has 0 spiro atoms. The predicted octanol–water partition coefficient (Wildman–Crippen LogP) is 1.99. The number of nitrogens with zero attached hydrogens (tertiary/aromatic N) is 3. The van der Waals surface area contributed by atoms with Crippen molar-refractivity contribution in [3.8, 4) is 5.75 Å². The van der Waals surface area contributed by atoms with Gasteiger partial charge in [0.1, 0.15) is 12.0 Å². The Balaban J connectivity index is 2.27. The van der Waals surface area contributed by atoms with Gasteiger partial charge in [-0.25, -0.2) is 4.98 Å². The standard InChI is InChI=1S/C11H15N3O3/c1-17-10-7-11(12-8-9(10)14(15)16)13-5-3-2-4-6-13/h7-8H,2-6H2,1H3. The van der Waals surface area contributed by atoms with Crippen molar-refractivity contribution >= 4 is 11.5 Å². The molecular formula is C11H15N3O3. The second-order valence-electron chi connectivity index (χ2n) is 4.02. The lowest BCUT2D eigenvalue weighted by molar-refractivity contribution is -0.386. The van der Waals surface area contributed by atoms with E-state index in [2.05, 4.69) is 9.88 Å². The topological polar surface area (TPSA) is 68.5 Å². The summed E-state index contributed by atoms with van der Waals surface area (Å²) in [5.41, 5.74) is -0.0896. The van der Waals surface area contributed by atoms with Gasteiger partial charge >= 0.3 is 5.69 Å². The smallest absolute Gasteiger partial charge is 0.329 e. The maximum atomic E-state index is 10.7. The Bertz CT molecular complexity index is 416. The molecule has 0 radical (unpaired) electrons. The summed E-state index contributed by atoms with van der Waals surface area (Å²) in [5.74, 6) is 1.03. The minimum absolute atomic E-state index is 0.0896. The summed E-state index contributed by atoms with van der Waals surface area (Å²) in [7, 11) is 1.43. The first-order valence-corrected chi connectivity index (χ1v) is 5.66. The summed E-state index contributed by atoms with van der Waals surface area (Å²) in [5, 5.41) is 10.7. The van der Waals surface area contributed by atoms with Crippen LogP contribution >= 0.6 is 0 Å². The molecule has 0 unspecified atom stereocenters. The average Bonchev–Trinajstić information content (AvgIpc) is 2.39. The van der Waals surface area contributed by atoms with Gasteiger partial charge in [-0.1, -0.05) is 0 Å². The van der Waals surface area contributed by atoms with E-state index in [0.29, 0.717) is 0 Å². The molecule has 6 nitrogen and oxygen atoms in total. The monoisotopic (exact) mass is 237 g/mol. The van der Waals surface area contributed by atoms with Crippen LogP contribution in [0.25, 0.3) is 0 Å². The molecule has 0 aliphatic carbocycles. The first-order chi connectivity index (χ1) is 8.22. The molecule has 1 fully saturated rings. The Kier molecular flexibility index (Phi) is 3.41. The van der Waals surface area contributed by atoms with E-state index in [9.17, 15) is 10.1 Å². The molecule has 0 amide bonds. The van der Waals surface area contributed by atoms with Crippen LogP contribution in [-0.4, -0.2) is 30.1 Å². The van der Waals surface area contributed by atoms with Crippen LogP contribution < -0.4 is 9.64 Å². The zero-order chi connectivity index (χ0) is 12.3. The van der Waals surface area contributed by atoms with Gasteiger partial charge in [0.05, 0.1) is 12.0 Å². The predicted molar refractivity (Wildman–Crippen MR) is 63.5 cm³/mol. The maximum Gasteiger partial charge on any atom is 0.329 e. The molecule has 1 aliphatic rings. The maximum absolute atomic E-state index is 10.7. The summed E-state index contributed by atoms with van der Waals surface area (Å²) in [6, 6.07) is 1.64. The molecule has 92 valence electrons. The third kappa shape index (κ3) is 2.46. The van der Waals surface area contributed by atoms with Crippen molar-refractivity contribution in [2.45, 2.75) is 19.3 Å². The number of ether oxygens (including phenoxy) is 1. The largest absolute Gasteiger partial charge is 0.490 e. The molecule has 0 N–H and O–H groups in total. The highest BCUT2D eigenvalue weighted by Gasteiger charge is 2.19. The van der Waals surface area contributed by atoms with Crippen molar-refractivity contribution < 1.29 is 9.66 Å². The van der Waals surface area contributed by atoms with E-state index in [4.69, 9.17) is 4.74 Å². The Morgan fingerprint density at radius 3 is 2.71 bits per heavy atom. The van der Waals surface area contributed by atoms with Crippen molar-refractivity contribution in [2.24, 2.45) is 0 Å². The Labute approximate surface area is 99.4 Å². The number of hydrogen-bond donors (Lipinski definition) is 0. The number of aromatic nitrogens is 1. The summed E-state index contributed by atoms with van der Waals surface area (Å²) < 4.78 is 5.03. The zero-order valence-electron chi connectivity index (χ0n) is 9.76. The van der Waals surface area contributed by atoms with Crippen molar-refractivity contribution in [2.75, 3.05) is 25.1 Å². The second kappa shape index (κ2) is 4.99. The second-order valence-corrected chi connectivity index (χ2v) is 4.02. The SMILES string of the molecule is COc1cc(N2CCCCC2)ncc1[N+](=O)[O-]. The van der Waals surface area contributed by atoms with Gasteiger partial charge in [-0.3, -0.25) is 10.1 Å². The number of hydrogen-bond acceptors (Lipinski definition) is 5. The minimum atomic E-state index is -0.480. The van der Waals surface area contributed by atoms with E-state index in [0.717, 1.165) is 31.7 Å². The fraction of sp³-hybridized carbons (Fsp3) is 0.545. The lowest BCUT2D eigenvalue weighted by Crippen LogP contribution is -2.30. The molecule has 1 aromatic rings. The Morgan fingerprint density at radius 1 is 1.41 bits per heavy atom. The van der Waals surface area contributed by atoms with Crippen LogP contribution in [0, 0.1) is 10.1 Å². The van der Waals surface area contributed by atoms with Gasteiger partial charge in [-0.15, -0.1) is 0 Å². The minimum Gasteiger partial charge on any atom is -0.490 e. The van der Waals surface area contributed by atoms with E-state index in [1.54, 1.807) is 6.07 Å². The number of nitro groups is 1. The van der Waals surface area contributed by atoms with Crippen LogP contribution in [0.1, 0.15) is 19.3 Å². The zero-order valence-corrected chi connectivity index (χ0v) is 9.76. The number of anilines is 1. The van der Waals surface area contributed by atoms with Crippen LogP contribution in [0.5, 0.6) is 5.75 Å². The molecule has 1 aliphatic heterocycles. The van der Waals surface area contributed by atoms with Gasteiger partial charge in [-0.2, -0.15) is 0 Å². The first-order valence-electron chi connectivity index (χ1n) is 5.66. The summed E-state index contributed by atoms with van der Waals surface area (Å²) in [6.07, 6.45) is 4.78. The van der Waals surface area contributed by atoms with E-state index < -0.39 is 4.92 Å². The van der Waals surface area contributed by atoms with Crippen LogP contribution in [0.2, 0.25) is 0 Å². The van der Waals surface area contributed by atoms with Crippen molar-refractivity contribution in [3.63, 3.8) is 0 Å². The molecule has 0 saturated carbocycles. The summed E-state index contributed by atoms with van der Waals surface area (Å²) >= 11 is 0. The molecule has 1 aromatic heterocycles. The molecule has 2 rings (SSSR count). The molecular weight excluding hydrogens is 222 g/mol. The molecule has 0 bridgehead atoms. The third-order valence-corrected chi connectivity index (χ3v) is 2.93. The number of piperidine rings is 1. The van der Waals surface area contributed by atoms with Gasteiger partial charge in [0.15, 0.2) is 0 Å². The normalized spacial score (nSPS) is 15.7. The van der Waals surface area contributed by atoms with Crippen molar-refractivity contribution in [3.05, 3.63) is 22.4 Å². The number of methoxy groups -OCH3 is 1. The van der Waals surface area contributed by atoms with Gasteiger partial charge in [0, 0.05) is 19.2 Å². The summed E-state index contributed by atoms with van der Waals surface area (Å²) in [6.45, 7) is 1.90. The molecule has 0 aromatic carbocycles. The first kappa shape index (κ1) is 11.6. The number of pyridine rings is 1. The fourth-order valence-electron chi connectivity index (χ4n) is 2.02. The third-order valence-electron chi connectivity index (χ3n) is 2.93. The van der Waals surface area contributed by atoms with Gasteiger partial charge in [-0.05, 0) is 19.3 Å². The Morgan fingerprint density at radius 2 is 2.12 bits per heavy atom. The van der Waals surface area contributed by atoms with Crippen molar-refractivity contribution in [1.82, 2.24) is 4.98 Å². The van der Waals surface area contributed by atoms with Crippen LogP contribution in [0.4, 0.5) is 11.5 Å². The van der Waals surface area contributed by atoms with Crippen LogP contribution in [0.15, 0.2) is 12.3 Å².